The van der Waals surface area contributed by atoms with Crippen molar-refractivity contribution in [2.75, 3.05) is 10.6 Å². The normalized spacial score (nSPS) is 11.0. The third-order valence-electron chi connectivity index (χ3n) is 3.27. The fourth-order valence-corrected chi connectivity index (χ4v) is 2.37. The Hall–Kier alpha value is -2.33. The molecule has 0 heterocycles. The summed E-state index contributed by atoms with van der Waals surface area (Å²) in [7, 11) is 0. The van der Waals surface area contributed by atoms with E-state index in [0.29, 0.717) is 16.4 Å². The number of rotatable bonds is 2. The molecule has 2 amide bonds. The lowest BCUT2D eigenvalue weighted by Gasteiger charge is -2.22. The molecule has 2 aromatic carbocycles. The Morgan fingerprint density at radius 3 is 2.22 bits per heavy atom. The van der Waals surface area contributed by atoms with Crippen molar-refractivity contribution in [1.82, 2.24) is 0 Å². The van der Waals surface area contributed by atoms with Gasteiger partial charge in [0.2, 0.25) is 0 Å². The van der Waals surface area contributed by atoms with Crippen LogP contribution in [0.4, 0.5) is 11.4 Å². The van der Waals surface area contributed by atoms with Crippen molar-refractivity contribution in [3.63, 3.8) is 0 Å². The summed E-state index contributed by atoms with van der Waals surface area (Å²) in [5.41, 5.74) is 1.92. The number of carbonyl (C=O) groups is 2. The molecule has 0 aromatic heterocycles. The van der Waals surface area contributed by atoms with Gasteiger partial charge < -0.3 is 10.6 Å². The van der Waals surface area contributed by atoms with Crippen LogP contribution in [0.25, 0.3) is 0 Å². The van der Waals surface area contributed by atoms with Crippen molar-refractivity contribution in [1.29, 1.82) is 0 Å². The second-order valence-electron chi connectivity index (χ2n) is 6.21. The molecule has 4 nitrogen and oxygen atoms in total. The summed E-state index contributed by atoms with van der Waals surface area (Å²) < 4.78 is 0. The van der Waals surface area contributed by atoms with Crippen LogP contribution in [0.5, 0.6) is 0 Å². The second-order valence-corrected chi connectivity index (χ2v) is 6.65. The first kappa shape index (κ1) is 17.0. The minimum atomic E-state index is -0.740. The third-order valence-corrected chi connectivity index (χ3v) is 3.51. The van der Waals surface area contributed by atoms with Gasteiger partial charge in [-0.15, -0.1) is 0 Å². The molecule has 0 fully saturated rings. The Bertz CT molecular complexity index is 736. The van der Waals surface area contributed by atoms with Crippen molar-refractivity contribution < 1.29 is 9.59 Å². The molecule has 0 aliphatic rings. The van der Waals surface area contributed by atoms with Crippen LogP contribution in [0, 0.1) is 0 Å². The number of anilines is 2. The predicted molar refractivity (Wildman–Crippen MR) is 93.9 cm³/mol. The molecule has 120 valence electrons. The molecule has 5 heteroatoms. The summed E-state index contributed by atoms with van der Waals surface area (Å²) in [4.78, 5) is 24.1. The highest BCUT2D eigenvalue weighted by Gasteiger charge is 2.21. The maximum atomic E-state index is 12.1. The zero-order valence-corrected chi connectivity index (χ0v) is 14.1. The Morgan fingerprint density at radius 2 is 1.57 bits per heavy atom. The summed E-state index contributed by atoms with van der Waals surface area (Å²) >= 11 is 5.86. The first-order valence-corrected chi connectivity index (χ1v) is 7.62. The molecule has 23 heavy (non-hydrogen) atoms. The van der Waals surface area contributed by atoms with Gasteiger partial charge in [-0.25, -0.2) is 0 Å². The van der Waals surface area contributed by atoms with Crippen LogP contribution in [0.15, 0.2) is 48.5 Å². The van der Waals surface area contributed by atoms with Gasteiger partial charge in [0, 0.05) is 16.4 Å². The maximum absolute atomic E-state index is 12.1. The van der Waals surface area contributed by atoms with E-state index in [4.69, 9.17) is 11.6 Å². The van der Waals surface area contributed by atoms with Gasteiger partial charge in [0.1, 0.15) is 0 Å². The fraction of sp³-hybridized carbons (Fsp3) is 0.222. The van der Waals surface area contributed by atoms with Crippen molar-refractivity contribution in [2.24, 2.45) is 0 Å². The van der Waals surface area contributed by atoms with Crippen LogP contribution in [0.3, 0.4) is 0 Å². The first-order chi connectivity index (χ1) is 10.8. The quantitative estimate of drug-likeness (QED) is 0.810. The van der Waals surface area contributed by atoms with Gasteiger partial charge in [-0.05, 0) is 35.2 Å². The van der Waals surface area contributed by atoms with Crippen molar-refractivity contribution in [2.45, 2.75) is 26.2 Å². The van der Waals surface area contributed by atoms with Crippen LogP contribution < -0.4 is 10.6 Å². The average molecular weight is 331 g/mol. The van der Waals surface area contributed by atoms with E-state index in [1.54, 1.807) is 30.3 Å². The van der Waals surface area contributed by atoms with E-state index in [1.807, 2.05) is 39.0 Å². The van der Waals surface area contributed by atoms with E-state index in [-0.39, 0.29) is 5.41 Å². The van der Waals surface area contributed by atoms with Gasteiger partial charge in [0.25, 0.3) is 0 Å². The lowest BCUT2D eigenvalue weighted by molar-refractivity contribution is -0.133. The number of halogens is 1. The standard InChI is InChI=1S/C18H19ClN2O2/c1-18(2,3)14-9-4-5-10-15(14)21-17(23)16(22)20-13-8-6-7-12(19)11-13/h4-11H,1-3H3,(H,20,22)(H,21,23). The van der Waals surface area contributed by atoms with Crippen LogP contribution >= 0.6 is 11.6 Å². The predicted octanol–water partition coefficient (Wildman–Crippen LogP) is 4.21. The molecule has 0 saturated carbocycles. The summed E-state index contributed by atoms with van der Waals surface area (Å²) in [6.45, 7) is 6.14. The van der Waals surface area contributed by atoms with E-state index >= 15 is 0 Å². The highest BCUT2D eigenvalue weighted by molar-refractivity contribution is 6.43. The summed E-state index contributed by atoms with van der Waals surface area (Å²) in [6.07, 6.45) is 0. The van der Waals surface area contributed by atoms with Crippen LogP contribution in [0.2, 0.25) is 5.02 Å². The van der Waals surface area contributed by atoms with E-state index in [1.165, 1.54) is 0 Å². The van der Waals surface area contributed by atoms with Gasteiger partial charge in [-0.1, -0.05) is 56.6 Å². The third kappa shape index (κ3) is 4.57. The molecular weight excluding hydrogens is 312 g/mol. The van der Waals surface area contributed by atoms with E-state index in [2.05, 4.69) is 10.6 Å². The fourth-order valence-electron chi connectivity index (χ4n) is 2.18. The molecule has 0 aliphatic heterocycles. The Labute approximate surface area is 140 Å². The highest BCUT2D eigenvalue weighted by Crippen LogP contribution is 2.29. The first-order valence-electron chi connectivity index (χ1n) is 7.25. The van der Waals surface area contributed by atoms with E-state index < -0.39 is 11.8 Å². The van der Waals surface area contributed by atoms with Crippen LogP contribution in [-0.2, 0) is 15.0 Å². The zero-order valence-electron chi connectivity index (χ0n) is 13.3. The van der Waals surface area contributed by atoms with Crippen LogP contribution in [-0.4, -0.2) is 11.8 Å². The lowest BCUT2D eigenvalue weighted by atomic mass is 9.86. The average Bonchev–Trinajstić information content (AvgIpc) is 2.46. The molecule has 0 radical (unpaired) electrons. The maximum Gasteiger partial charge on any atom is 0.314 e. The smallest absolute Gasteiger partial charge is 0.314 e. The monoisotopic (exact) mass is 330 g/mol. The Kier molecular flexibility index (Phi) is 5.06. The van der Waals surface area contributed by atoms with Crippen molar-refractivity contribution in [3.8, 4) is 0 Å². The Morgan fingerprint density at radius 1 is 0.913 bits per heavy atom. The molecule has 0 spiro atoms. The van der Waals surface area contributed by atoms with Gasteiger partial charge in [-0.3, -0.25) is 9.59 Å². The van der Waals surface area contributed by atoms with Crippen molar-refractivity contribution >= 4 is 34.8 Å². The number of para-hydroxylation sites is 1. The van der Waals surface area contributed by atoms with E-state index in [0.717, 1.165) is 5.56 Å². The van der Waals surface area contributed by atoms with Gasteiger partial charge in [0.05, 0.1) is 0 Å². The lowest BCUT2D eigenvalue weighted by Crippen LogP contribution is -2.30. The van der Waals surface area contributed by atoms with Gasteiger partial charge >= 0.3 is 11.8 Å². The SMILES string of the molecule is CC(C)(C)c1ccccc1NC(=O)C(=O)Nc1cccc(Cl)c1. The molecular formula is C18H19ClN2O2. The minimum absolute atomic E-state index is 0.146. The number of hydrogen-bond donors (Lipinski definition) is 2. The number of carbonyl (C=O) groups excluding carboxylic acids is 2. The summed E-state index contributed by atoms with van der Waals surface area (Å²) in [5, 5.41) is 5.68. The molecule has 0 bridgehead atoms. The van der Waals surface area contributed by atoms with Gasteiger partial charge in [0.15, 0.2) is 0 Å². The van der Waals surface area contributed by atoms with Crippen molar-refractivity contribution in [3.05, 3.63) is 59.1 Å². The molecule has 0 atom stereocenters. The topological polar surface area (TPSA) is 58.2 Å². The van der Waals surface area contributed by atoms with Gasteiger partial charge in [-0.2, -0.15) is 0 Å². The summed E-state index contributed by atoms with van der Waals surface area (Å²) in [6, 6.07) is 14.1. The second kappa shape index (κ2) is 6.84. The number of nitrogens with one attached hydrogen (secondary N) is 2. The molecule has 2 rings (SSSR count). The number of hydrogen-bond acceptors (Lipinski definition) is 2. The zero-order chi connectivity index (χ0) is 17.0. The van der Waals surface area contributed by atoms with Crippen LogP contribution in [0.1, 0.15) is 26.3 Å². The molecule has 0 aliphatic carbocycles. The number of benzene rings is 2. The molecule has 2 aromatic rings. The Balaban J connectivity index is 2.12. The molecule has 0 unspecified atom stereocenters. The number of amides is 2. The minimum Gasteiger partial charge on any atom is -0.318 e. The molecule has 2 N–H and O–H groups in total. The molecule has 0 saturated heterocycles. The summed E-state index contributed by atoms with van der Waals surface area (Å²) in [5.74, 6) is -1.46. The highest BCUT2D eigenvalue weighted by atomic mass is 35.5. The van der Waals surface area contributed by atoms with E-state index in [9.17, 15) is 9.59 Å². The largest absolute Gasteiger partial charge is 0.318 e.